The molecule has 2 aliphatic rings. The van der Waals surface area contributed by atoms with E-state index in [0.29, 0.717) is 13.1 Å². The predicted molar refractivity (Wildman–Crippen MR) is 122 cm³/mol. The molecule has 158 valence electrons. The van der Waals surface area contributed by atoms with E-state index >= 15 is 0 Å². The first kappa shape index (κ1) is 20.9. The largest absolute Gasteiger partial charge is 0.354 e. The SMILES string of the molecule is CSc1ccc(N2C[C@H](C(=O)NC[C@H](c3ccccc3)N3CCCC3)CC2=O)cc1. The van der Waals surface area contributed by atoms with E-state index in [-0.39, 0.29) is 30.2 Å². The van der Waals surface area contributed by atoms with Gasteiger partial charge >= 0.3 is 0 Å². The summed E-state index contributed by atoms with van der Waals surface area (Å²) in [6, 6.07) is 18.5. The zero-order valence-corrected chi connectivity index (χ0v) is 18.2. The summed E-state index contributed by atoms with van der Waals surface area (Å²) in [7, 11) is 0. The topological polar surface area (TPSA) is 52.7 Å². The van der Waals surface area contributed by atoms with Gasteiger partial charge in [0.15, 0.2) is 0 Å². The van der Waals surface area contributed by atoms with Gasteiger partial charge in [-0.3, -0.25) is 14.5 Å². The summed E-state index contributed by atoms with van der Waals surface area (Å²) in [4.78, 5) is 30.8. The van der Waals surface area contributed by atoms with Gasteiger partial charge < -0.3 is 10.2 Å². The Kier molecular flexibility index (Phi) is 6.75. The van der Waals surface area contributed by atoms with Crippen LogP contribution >= 0.6 is 11.8 Å². The summed E-state index contributed by atoms with van der Waals surface area (Å²) in [5, 5.41) is 3.15. The third-order valence-electron chi connectivity index (χ3n) is 6.12. The van der Waals surface area contributed by atoms with Crippen LogP contribution < -0.4 is 10.2 Å². The number of nitrogens with zero attached hydrogens (tertiary/aromatic N) is 2. The summed E-state index contributed by atoms with van der Waals surface area (Å²) >= 11 is 1.67. The summed E-state index contributed by atoms with van der Waals surface area (Å²) in [6.45, 7) is 3.16. The Morgan fingerprint density at radius 2 is 1.80 bits per heavy atom. The van der Waals surface area contributed by atoms with Crippen LogP contribution in [0.5, 0.6) is 0 Å². The molecule has 30 heavy (non-hydrogen) atoms. The molecule has 2 fully saturated rings. The van der Waals surface area contributed by atoms with Crippen molar-refractivity contribution in [2.75, 3.05) is 37.3 Å². The van der Waals surface area contributed by atoms with Crippen molar-refractivity contribution in [2.24, 2.45) is 5.92 Å². The maximum Gasteiger partial charge on any atom is 0.227 e. The number of benzene rings is 2. The molecule has 0 bridgehead atoms. The molecule has 2 atom stereocenters. The molecule has 0 unspecified atom stereocenters. The first-order valence-electron chi connectivity index (χ1n) is 10.7. The first-order chi connectivity index (χ1) is 14.7. The minimum Gasteiger partial charge on any atom is -0.354 e. The van der Waals surface area contributed by atoms with Crippen LogP contribution in [0, 0.1) is 5.92 Å². The first-order valence-corrected chi connectivity index (χ1v) is 11.9. The highest BCUT2D eigenvalue weighted by Gasteiger charge is 2.35. The lowest BCUT2D eigenvalue weighted by molar-refractivity contribution is -0.126. The molecule has 0 radical (unpaired) electrons. The number of nitrogens with one attached hydrogen (secondary N) is 1. The lowest BCUT2D eigenvalue weighted by Gasteiger charge is -2.28. The predicted octanol–water partition coefficient (Wildman–Crippen LogP) is 3.71. The molecule has 0 saturated carbocycles. The highest BCUT2D eigenvalue weighted by molar-refractivity contribution is 7.98. The number of rotatable bonds is 7. The molecule has 2 aliphatic heterocycles. The Morgan fingerprint density at radius 3 is 2.47 bits per heavy atom. The molecule has 2 amide bonds. The van der Waals surface area contributed by atoms with Crippen LogP contribution in [0.4, 0.5) is 5.69 Å². The lowest BCUT2D eigenvalue weighted by atomic mass is 10.0. The second-order valence-corrected chi connectivity index (χ2v) is 8.90. The van der Waals surface area contributed by atoms with E-state index in [4.69, 9.17) is 0 Å². The monoisotopic (exact) mass is 423 g/mol. The molecule has 0 spiro atoms. The fraction of sp³-hybridized carbons (Fsp3) is 0.417. The van der Waals surface area contributed by atoms with Gasteiger partial charge in [0.05, 0.1) is 12.0 Å². The number of likely N-dealkylation sites (tertiary alicyclic amines) is 1. The number of amides is 2. The molecular formula is C24H29N3O2S. The van der Waals surface area contributed by atoms with Crippen molar-refractivity contribution in [1.82, 2.24) is 10.2 Å². The molecular weight excluding hydrogens is 394 g/mol. The third-order valence-corrected chi connectivity index (χ3v) is 6.86. The fourth-order valence-corrected chi connectivity index (χ4v) is 4.83. The van der Waals surface area contributed by atoms with Gasteiger partial charge in [0.1, 0.15) is 0 Å². The molecule has 2 heterocycles. The van der Waals surface area contributed by atoms with Gasteiger partial charge in [-0.25, -0.2) is 0 Å². The molecule has 0 aliphatic carbocycles. The van der Waals surface area contributed by atoms with Gasteiger partial charge in [0.2, 0.25) is 11.8 Å². The van der Waals surface area contributed by atoms with Gasteiger partial charge in [0.25, 0.3) is 0 Å². The van der Waals surface area contributed by atoms with E-state index in [0.717, 1.165) is 23.7 Å². The van der Waals surface area contributed by atoms with Crippen molar-refractivity contribution in [3.8, 4) is 0 Å². The van der Waals surface area contributed by atoms with Crippen molar-refractivity contribution in [2.45, 2.75) is 30.2 Å². The van der Waals surface area contributed by atoms with E-state index in [1.165, 1.54) is 18.4 Å². The van der Waals surface area contributed by atoms with E-state index < -0.39 is 0 Å². The number of hydrogen-bond acceptors (Lipinski definition) is 4. The van der Waals surface area contributed by atoms with Crippen molar-refractivity contribution < 1.29 is 9.59 Å². The maximum absolute atomic E-state index is 12.9. The van der Waals surface area contributed by atoms with Crippen molar-refractivity contribution >= 4 is 29.3 Å². The zero-order valence-electron chi connectivity index (χ0n) is 17.4. The van der Waals surface area contributed by atoms with Crippen LogP contribution in [0.15, 0.2) is 59.5 Å². The Hall–Kier alpha value is -2.31. The highest BCUT2D eigenvalue weighted by atomic mass is 32.2. The van der Waals surface area contributed by atoms with Crippen LogP contribution in [-0.2, 0) is 9.59 Å². The standard InChI is InChI=1S/C24H29N3O2S/c1-30-21-11-9-20(10-12-21)27-17-19(15-23(27)28)24(29)25-16-22(26-13-5-6-14-26)18-7-3-2-4-8-18/h2-4,7-12,19,22H,5-6,13-17H2,1H3,(H,25,29)/t19-,22-/m1/s1. The van der Waals surface area contributed by atoms with E-state index in [1.807, 2.05) is 36.6 Å². The fourth-order valence-electron chi connectivity index (χ4n) is 4.42. The van der Waals surface area contributed by atoms with E-state index in [9.17, 15) is 9.59 Å². The second-order valence-electron chi connectivity index (χ2n) is 8.02. The van der Waals surface area contributed by atoms with Gasteiger partial charge in [0, 0.05) is 30.1 Å². The third kappa shape index (κ3) is 4.71. The Labute approximate surface area is 182 Å². The van der Waals surface area contributed by atoms with Crippen molar-refractivity contribution in [1.29, 1.82) is 0 Å². The molecule has 0 aromatic heterocycles. The van der Waals surface area contributed by atoms with Crippen LogP contribution in [-0.4, -0.2) is 49.1 Å². The quantitative estimate of drug-likeness (QED) is 0.690. The van der Waals surface area contributed by atoms with Crippen molar-refractivity contribution in [3.05, 3.63) is 60.2 Å². The average molecular weight is 424 g/mol. The molecule has 2 saturated heterocycles. The zero-order chi connectivity index (χ0) is 20.9. The molecule has 2 aromatic rings. The Bertz CT molecular complexity index is 866. The Morgan fingerprint density at radius 1 is 1.10 bits per heavy atom. The number of carbonyl (C=O) groups is 2. The summed E-state index contributed by atoms with van der Waals surface area (Å²) in [6.07, 6.45) is 4.72. The number of hydrogen-bond donors (Lipinski definition) is 1. The van der Waals surface area contributed by atoms with Gasteiger partial charge in [-0.1, -0.05) is 30.3 Å². The molecule has 6 heteroatoms. The normalized spacial score (nSPS) is 20.5. The molecule has 2 aromatic carbocycles. The summed E-state index contributed by atoms with van der Waals surface area (Å²) in [5.74, 6) is -0.300. The second kappa shape index (κ2) is 9.67. The highest BCUT2D eigenvalue weighted by Crippen LogP contribution is 2.28. The smallest absolute Gasteiger partial charge is 0.227 e. The number of anilines is 1. The number of carbonyl (C=O) groups excluding carboxylic acids is 2. The van der Waals surface area contributed by atoms with E-state index in [1.54, 1.807) is 16.7 Å². The van der Waals surface area contributed by atoms with Crippen LogP contribution in [0.25, 0.3) is 0 Å². The van der Waals surface area contributed by atoms with E-state index in [2.05, 4.69) is 34.5 Å². The Balaban J connectivity index is 1.38. The van der Waals surface area contributed by atoms with Gasteiger partial charge in [-0.2, -0.15) is 0 Å². The van der Waals surface area contributed by atoms with Gasteiger partial charge in [-0.05, 0) is 62.0 Å². The summed E-state index contributed by atoms with van der Waals surface area (Å²) in [5.41, 5.74) is 2.10. The van der Waals surface area contributed by atoms with Gasteiger partial charge in [-0.15, -0.1) is 11.8 Å². The minimum absolute atomic E-state index is 0.0196. The molecule has 5 nitrogen and oxygen atoms in total. The van der Waals surface area contributed by atoms with Crippen LogP contribution in [0.2, 0.25) is 0 Å². The average Bonchev–Trinajstić information content (AvgIpc) is 3.45. The maximum atomic E-state index is 12.9. The molecule has 1 N–H and O–H groups in total. The summed E-state index contributed by atoms with van der Waals surface area (Å²) < 4.78 is 0. The van der Waals surface area contributed by atoms with Crippen LogP contribution in [0.3, 0.4) is 0 Å². The lowest BCUT2D eigenvalue weighted by Crippen LogP contribution is -2.40. The number of thioether (sulfide) groups is 1. The van der Waals surface area contributed by atoms with Crippen molar-refractivity contribution in [3.63, 3.8) is 0 Å². The van der Waals surface area contributed by atoms with Crippen LogP contribution in [0.1, 0.15) is 30.9 Å². The minimum atomic E-state index is -0.298. The molecule has 4 rings (SSSR count).